The molecule has 0 spiro atoms. The van der Waals surface area contributed by atoms with E-state index in [1.54, 1.807) is 6.92 Å². The van der Waals surface area contributed by atoms with Gasteiger partial charge in [-0.3, -0.25) is 4.79 Å². The largest absolute Gasteiger partial charge is 0.598 e. The third-order valence-electron chi connectivity index (χ3n) is 1.21. The Morgan fingerprint density at radius 3 is 2.46 bits per heavy atom. The summed E-state index contributed by atoms with van der Waals surface area (Å²) in [6, 6.07) is 0. The van der Waals surface area contributed by atoms with Crippen molar-refractivity contribution in [2.45, 2.75) is 32.4 Å². The molecule has 13 heavy (non-hydrogen) atoms. The maximum atomic E-state index is 11.4. The molecule has 0 saturated carbocycles. The van der Waals surface area contributed by atoms with E-state index in [1.165, 1.54) is 0 Å². The van der Waals surface area contributed by atoms with Crippen LogP contribution in [-0.4, -0.2) is 28.4 Å². The molecule has 0 aromatic rings. The van der Waals surface area contributed by atoms with Crippen LogP contribution in [0.1, 0.15) is 27.7 Å². The minimum Gasteiger partial charge on any atom is -0.598 e. The van der Waals surface area contributed by atoms with Gasteiger partial charge in [-0.05, 0) is 27.7 Å². The molecule has 0 amide bonds. The summed E-state index contributed by atoms with van der Waals surface area (Å²) >= 11 is -1.21. The van der Waals surface area contributed by atoms with Crippen molar-refractivity contribution in [1.82, 2.24) is 4.72 Å². The zero-order chi connectivity index (χ0) is 10.5. The smallest absolute Gasteiger partial charge is 0.324 e. The fourth-order valence-corrected chi connectivity index (χ4v) is 1.23. The van der Waals surface area contributed by atoms with Crippen LogP contribution >= 0.6 is 0 Å². The molecule has 4 nitrogen and oxygen atoms in total. The Balaban J connectivity index is 3.70. The maximum absolute atomic E-state index is 11.4. The van der Waals surface area contributed by atoms with Crippen LogP contribution in [0.15, 0.2) is 0 Å². The van der Waals surface area contributed by atoms with Gasteiger partial charge in [0, 0.05) is 11.4 Å². The summed E-state index contributed by atoms with van der Waals surface area (Å²) in [5.41, 5.74) is 0. The molecular formula is C8H17NO3S. The highest BCUT2D eigenvalue weighted by molar-refractivity contribution is 7.90. The van der Waals surface area contributed by atoms with Crippen molar-refractivity contribution >= 4 is 17.3 Å². The van der Waals surface area contributed by atoms with E-state index in [1.807, 2.05) is 20.8 Å². The lowest BCUT2D eigenvalue weighted by Crippen LogP contribution is -2.41. The molecule has 0 radical (unpaired) electrons. The van der Waals surface area contributed by atoms with Crippen molar-refractivity contribution in [3.8, 4) is 0 Å². The van der Waals surface area contributed by atoms with Gasteiger partial charge in [0.25, 0.3) is 0 Å². The van der Waals surface area contributed by atoms with Crippen molar-refractivity contribution in [1.29, 1.82) is 0 Å². The quantitative estimate of drug-likeness (QED) is 0.541. The minimum absolute atomic E-state index is 0.00226. The van der Waals surface area contributed by atoms with Gasteiger partial charge in [0.15, 0.2) is 0 Å². The number of hydrogen-bond donors (Lipinski definition) is 1. The molecule has 0 fully saturated rings. The van der Waals surface area contributed by atoms with E-state index in [2.05, 4.69) is 9.46 Å². The number of rotatable bonds is 4. The summed E-state index contributed by atoms with van der Waals surface area (Å²) in [7, 11) is 0. The van der Waals surface area contributed by atoms with E-state index in [4.69, 9.17) is 0 Å². The van der Waals surface area contributed by atoms with Crippen LogP contribution in [0.25, 0.3) is 0 Å². The highest BCUT2D eigenvalue weighted by Crippen LogP contribution is 2.12. The molecule has 0 aromatic carbocycles. The molecular weight excluding hydrogens is 190 g/mol. The van der Waals surface area contributed by atoms with Crippen LogP contribution < -0.4 is 4.72 Å². The van der Waals surface area contributed by atoms with Gasteiger partial charge >= 0.3 is 5.97 Å². The van der Waals surface area contributed by atoms with E-state index in [0.717, 1.165) is 0 Å². The van der Waals surface area contributed by atoms with Crippen molar-refractivity contribution in [2.24, 2.45) is 0 Å². The van der Waals surface area contributed by atoms with Crippen LogP contribution in [0.4, 0.5) is 0 Å². The number of esters is 1. The summed E-state index contributed by atoms with van der Waals surface area (Å²) in [5, 5.41) is 0. The molecule has 0 aliphatic rings. The number of nitrogens with one attached hydrogen (secondary N) is 1. The monoisotopic (exact) mass is 207 g/mol. The molecule has 0 unspecified atom stereocenters. The molecule has 0 saturated heterocycles. The molecule has 0 rings (SSSR count). The lowest BCUT2D eigenvalue weighted by Gasteiger charge is -2.23. The van der Waals surface area contributed by atoms with Gasteiger partial charge in [-0.15, -0.1) is 4.72 Å². The number of carbonyl (C=O) groups is 1. The first kappa shape index (κ1) is 12.7. The van der Waals surface area contributed by atoms with Gasteiger partial charge in [-0.1, -0.05) is 0 Å². The topological polar surface area (TPSA) is 61.4 Å². The molecule has 1 N–H and O–H groups in total. The van der Waals surface area contributed by atoms with Gasteiger partial charge < -0.3 is 9.29 Å². The number of hydrogen-bond acceptors (Lipinski definition) is 4. The second-order valence-electron chi connectivity index (χ2n) is 3.51. The third-order valence-corrected chi connectivity index (χ3v) is 2.73. The number of ether oxygens (including phenoxy) is 1. The SMILES string of the molecule is CCOC(=O)CN[S@@+]([O-])C(C)(C)C. The zero-order valence-corrected chi connectivity index (χ0v) is 9.36. The zero-order valence-electron chi connectivity index (χ0n) is 8.55. The molecule has 0 aliphatic heterocycles. The lowest BCUT2D eigenvalue weighted by molar-refractivity contribution is -0.141. The first-order valence-electron chi connectivity index (χ1n) is 4.19. The molecule has 0 heterocycles. The molecule has 0 bridgehead atoms. The molecule has 0 aromatic heterocycles. The fraction of sp³-hybridized carbons (Fsp3) is 0.875. The Morgan fingerprint density at radius 1 is 1.54 bits per heavy atom. The van der Waals surface area contributed by atoms with E-state index in [0.29, 0.717) is 6.61 Å². The lowest BCUT2D eigenvalue weighted by atomic mass is 10.3. The second-order valence-corrected chi connectivity index (χ2v) is 5.56. The average Bonchev–Trinajstić information content (AvgIpc) is 1.99. The fourth-order valence-electron chi connectivity index (χ4n) is 0.553. The highest BCUT2D eigenvalue weighted by atomic mass is 32.2. The average molecular weight is 207 g/mol. The Bertz CT molecular complexity index is 167. The molecule has 1 atom stereocenters. The normalized spacial score (nSPS) is 13.9. The summed E-state index contributed by atoms with van der Waals surface area (Å²) in [4.78, 5) is 10.9. The van der Waals surface area contributed by atoms with Gasteiger partial charge in [-0.2, -0.15) is 0 Å². The van der Waals surface area contributed by atoms with Crippen LogP contribution in [0.3, 0.4) is 0 Å². The van der Waals surface area contributed by atoms with Gasteiger partial charge in [0.1, 0.15) is 11.3 Å². The van der Waals surface area contributed by atoms with Gasteiger partial charge in [-0.25, -0.2) is 0 Å². The summed E-state index contributed by atoms with van der Waals surface area (Å²) in [5.74, 6) is -0.375. The van der Waals surface area contributed by atoms with Crippen LogP contribution in [-0.2, 0) is 20.9 Å². The summed E-state index contributed by atoms with van der Waals surface area (Å²) in [6.07, 6.45) is 0. The van der Waals surface area contributed by atoms with E-state index in [-0.39, 0.29) is 17.3 Å². The van der Waals surface area contributed by atoms with Gasteiger partial charge in [0.2, 0.25) is 0 Å². The molecule has 5 heteroatoms. The molecule has 78 valence electrons. The maximum Gasteiger partial charge on any atom is 0.324 e. The van der Waals surface area contributed by atoms with Crippen molar-refractivity contribution in [3.63, 3.8) is 0 Å². The third kappa shape index (κ3) is 5.90. The standard InChI is InChI=1S/C8H17NO3S/c1-5-12-7(10)6-9-13(11)8(2,3)4/h9H,5-6H2,1-4H3/t13-/m0/s1. The van der Waals surface area contributed by atoms with E-state index in [9.17, 15) is 9.35 Å². The van der Waals surface area contributed by atoms with Gasteiger partial charge in [0.05, 0.1) is 6.61 Å². The first-order valence-corrected chi connectivity index (χ1v) is 5.34. The van der Waals surface area contributed by atoms with Crippen LogP contribution in [0.5, 0.6) is 0 Å². The van der Waals surface area contributed by atoms with E-state index >= 15 is 0 Å². The van der Waals surface area contributed by atoms with Crippen molar-refractivity contribution < 1.29 is 14.1 Å². The summed E-state index contributed by atoms with van der Waals surface area (Å²) < 4.78 is 18.3. The van der Waals surface area contributed by atoms with Crippen molar-refractivity contribution in [3.05, 3.63) is 0 Å². The Morgan fingerprint density at radius 2 is 2.08 bits per heavy atom. The first-order chi connectivity index (χ1) is 5.88. The second kappa shape index (κ2) is 5.47. The van der Waals surface area contributed by atoms with Crippen LogP contribution in [0.2, 0.25) is 0 Å². The highest BCUT2D eigenvalue weighted by Gasteiger charge is 2.26. The minimum atomic E-state index is -1.21. The molecule has 0 aliphatic carbocycles. The Hall–Kier alpha value is -0.260. The number of carbonyl (C=O) groups excluding carboxylic acids is 1. The van der Waals surface area contributed by atoms with E-state index < -0.39 is 11.4 Å². The predicted octanol–water partition coefficient (Wildman–Crippen LogP) is 0.601. The summed E-state index contributed by atoms with van der Waals surface area (Å²) in [6.45, 7) is 7.59. The Kier molecular flexibility index (Phi) is 5.36. The van der Waals surface area contributed by atoms with Crippen LogP contribution in [0, 0.1) is 0 Å². The predicted molar refractivity (Wildman–Crippen MR) is 52.5 cm³/mol. The Labute approximate surface area is 82.3 Å². The van der Waals surface area contributed by atoms with Crippen molar-refractivity contribution in [2.75, 3.05) is 13.2 Å².